The zero-order chi connectivity index (χ0) is 16.5. The van der Waals surface area contributed by atoms with Crippen LogP contribution >= 0.6 is 0 Å². The first-order valence-electron chi connectivity index (χ1n) is 8.77. The van der Waals surface area contributed by atoms with Crippen molar-refractivity contribution < 1.29 is 9.90 Å². The Hall–Kier alpha value is -1.05. The van der Waals surface area contributed by atoms with Gasteiger partial charge in [-0.2, -0.15) is 0 Å². The third-order valence-electron chi connectivity index (χ3n) is 7.02. The van der Waals surface area contributed by atoms with E-state index in [1.807, 2.05) is 6.92 Å². The zero-order valence-corrected chi connectivity index (χ0v) is 14.9. The van der Waals surface area contributed by atoms with Gasteiger partial charge >= 0.3 is 5.97 Å². The van der Waals surface area contributed by atoms with E-state index in [1.54, 1.807) is 5.57 Å². The van der Waals surface area contributed by atoms with E-state index in [9.17, 15) is 4.79 Å². The minimum Gasteiger partial charge on any atom is -0.478 e. The Kier molecular flexibility index (Phi) is 4.89. The second-order valence-corrected chi connectivity index (χ2v) is 8.21. The number of allylic oxidation sites excluding steroid dienone is 3. The van der Waals surface area contributed by atoms with Crippen LogP contribution in [-0.2, 0) is 4.79 Å². The van der Waals surface area contributed by atoms with E-state index < -0.39 is 5.97 Å². The second-order valence-electron chi connectivity index (χ2n) is 8.21. The van der Waals surface area contributed by atoms with Crippen LogP contribution in [0.1, 0.15) is 73.1 Å². The lowest BCUT2D eigenvalue weighted by Gasteiger charge is -2.58. The molecule has 1 N–H and O–H groups in total. The summed E-state index contributed by atoms with van der Waals surface area (Å²) in [5.41, 5.74) is 3.25. The van der Waals surface area contributed by atoms with Crippen molar-refractivity contribution in [3.8, 4) is 0 Å². The molecule has 1 fully saturated rings. The van der Waals surface area contributed by atoms with Gasteiger partial charge in [0.1, 0.15) is 0 Å². The van der Waals surface area contributed by atoms with Gasteiger partial charge in [0, 0.05) is 6.08 Å². The van der Waals surface area contributed by atoms with Crippen molar-refractivity contribution in [1.82, 2.24) is 0 Å². The number of carbonyl (C=O) groups is 1. The summed E-state index contributed by atoms with van der Waals surface area (Å²) in [6, 6.07) is 0. The van der Waals surface area contributed by atoms with Crippen molar-refractivity contribution >= 4 is 5.97 Å². The van der Waals surface area contributed by atoms with Crippen molar-refractivity contribution in [3.63, 3.8) is 0 Å². The van der Waals surface area contributed by atoms with Gasteiger partial charge in [-0.3, -0.25) is 0 Å². The lowest BCUT2D eigenvalue weighted by Crippen LogP contribution is -2.49. The van der Waals surface area contributed by atoms with Crippen LogP contribution in [0.3, 0.4) is 0 Å². The van der Waals surface area contributed by atoms with Crippen LogP contribution in [0.4, 0.5) is 0 Å². The van der Waals surface area contributed by atoms with Crippen molar-refractivity contribution in [1.29, 1.82) is 0 Å². The molecule has 0 spiro atoms. The van der Waals surface area contributed by atoms with Gasteiger partial charge in [0.15, 0.2) is 0 Å². The average molecular weight is 304 g/mol. The summed E-state index contributed by atoms with van der Waals surface area (Å²) in [4.78, 5) is 10.8. The lowest BCUT2D eigenvalue weighted by molar-refractivity contribution is -0.131. The Balaban J connectivity index is 2.22. The highest BCUT2D eigenvalue weighted by Crippen LogP contribution is 2.61. The fourth-order valence-corrected chi connectivity index (χ4v) is 5.08. The number of hydrogen-bond donors (Lipinski definition) is 1. The SMILES string of the molecule is CC1=CCC[C@@H]2[C@@](C)(CC/C(C)=C\C(=O)O)[C@H](C)CC[C@]12C. The molecule has 0 heterocycles. The molecular formula is C20H32O2. The second kappa shape index (κ2) is 6.22. The molecule has 2 rings (SSSR count). The van der Waals surface area contributed by atoms with Gasteiger partial charge in [0.25, 0.3) is 0 Å². The summed E-state index contributed by atoms with van der Waals surface area (Å²) in [5.74, 6) is 0.626. The summed E-state index contributed by atoms with van der Waals surface area (Å²) < 4.78 is 0. The molecule has 0 saturated heterocycles. The summed E-state index contributed by atoms with van der Waals surface area (Å²) in [5, 5.41) is 8.92. The number of carboxylic acid groups (broad SMARTS) is 1. The van der Waals surface area contributed by atoms with Crippen LogP contribution in [0.5, 0.6) is 0 Å². The van der Waals surface area contributed by atoms with Crippen LogP contribution < -0.4 is 0 Å². The first kappa shape index (κ1) is 17.3. The minimum absolute atomic E-state index is 0.316. The van der Waals surface area contributed by atoms with Crippen molar-refractivity contribution in [2.75, 3.05) is 0 Å². The van der Waals surface area contributed by atoms with Gasteiger partial charge in [-0.25, -0.2) is 4.79 Å². The zero-order valence-electron chi connectivity index (χ0n) is 14.9. The molecule has 0 amide bonds. The Labute approximate surface area is 135 Å². The molecule has 0 unspecified atom stereocenters. The maximum absolute atomic E-state index is 10.8. The molecule has 2 heteroatoms. The van der Waals surface area contributed by atoms with E-state index >= 15 is 0 Å². The average Bonchev–Trinajstić information content (AvgIpc) is 2.43. The van der Waals surface area contributed by atoms with Crippen LogP contribution in [-0.4, -0.2) is 11.1 Å². The lowest BCUT2D eigenvalue weighted by atomic mass is 9.47. The largest absolute Gasteiger partial charge is 0.478 e. The summed E-state index contributed by atoms with van der Waals surface area (Å²) in [6.07, 6.45) is 10.9. The fraction of sp³-hybridized carbons (Fsp3) is 0.750. The molecular weight excluding hydrogens is 272 g/mol. The normalized spacial score (nSPS) is 39.1. The number of rotatable bonds is 4. The molecule has 0 bridgehead atoms. The van der Waals surface area contributed by atoms with Gasteiger partial charge in [-0.15, -0.1) is 0 Å². The highest BCUT2D eigenvalue weighted by atomic mass is 16.4. The highest BCUT2D eigenvalue weighted by molar-refractivity contribution is 5.80. The molecule has 0 aliphatic heterocycles. The molecule has 0 aromatic heterocycles. The summed E-state index contributed by atoms with van der Waals surface area (Å²) in [6.45, 7) is 11.6. The van der Waals surface area contributed by atoms with E-state index in [2.05, 4.69) is 33.8 Å². The number of carboxylic acids is 1. The van der Waals surface area contributed by atoms with Gasteiger partial charge in [-0.1, -0.05) is 38.0 Å². The molecule has 22 heavy (non-hydrogen) atoms. The number of fused-ring (bicyclic) bond motifs is 1. The van der Waals surface area contributed by atoms with E-state index in [-0.39, 0.29) is 0 Å². The van der Waals surface area contributed by atoms with Crippen LogP contribution in [0.2, 0.25) is 0 Å². The van der Waals surface area contributed by atoms with E-state index in [0.29, 0.717) is 16.7 Å². The predicted molar refractivity (Wildman–Crippen MR) is 91.7 cm³/mol. The third-order valence-corrected chi connectivity index (χ3v) is 7.02. The Morgan fingerprint density at radius 2 is 2.09 bits per heavy atom. The van der Waals surface area contributed by atoms with Crippen LogP contribution in [0, 0.1) is 22.7 Å². The molecule has 1 saturated carbocycles. The van der Waals surface area contributed by atoms with E-state index in [1.165, 1.54) is 31.8 Å². The highest BCUT2D eigenvalue weighted by Gasteiger charge is 2.52. The monoisotopic (exact) mass is 304 g/mol. The molecule has 2 aliphatic rings. The predicted octanol–water partition coefficient (Wildman–Crippen LogP) is 5.60. The van der Waals surface area contributed by atoms with Crippen LogP contribution in [0.15, 0.2) is 23.3 Å². The van der Waals surface area contributed by atoms with Gasteiger partial charge < -0.3 is 5.11 Å². The fourth-order valence-electron chi connectivity index (χ4n) is 5.08. The molecule has 4 atom stereocenters. The quantitative estimate of drug-likeness (QED) is 0.542. The molecule has 0 aromatic carbocycles. The van der Waals surface area contributed by atoms with Crippen molar-refractivity contribution in [3.05, 3.63) is 23.3 Å². The molecule has 0 aromatic rings. The summed E-state index contributed by atoms with van der Waals surface area (Å²) in [7, 11) is 0. The first-order valence-corrected chi connectivity index (χ1v) is 8.77. The van der Waals surface area contributed by atoms with Crippen molar-refractivity contribution in [2.45, 2.75) is 73.1 Å². The maximum atomic E-state index is 10.8. The summed E-state index contributed by atoms with van der Waals surface area (Å²) >= 11 is 0. The Bertz CT molecular complexity index is 502. The molecule has 124 valence electrons. The van der Waals surface area contributed by atoms with Gasteiger partial charge in [-0.05, 0) is 75.0 Å². The van der Waals surface area contributed by atoms with Gasteiger partial charge in [0.05, 0.1) is 0 Å². The first-order chi connectivity index (χ1) is 10.2. The maximum Gasteiger partial charge on any atom is 0.328 e. The molecule has 0 radical (unpaired) electrons. The third kappa shape index (κ3) is 3.02. The van der Waals surface area contributed by atoms with Gasteiger partial charge in [0.2, 0.25) is 0 Å². The standard InChI is InChI=1S/C20H32O2/c1-14(13-18(21)22)9-11-19(4)16(3)10-12-20(5)15(2)7-6-8-17(19)20/h7,13,16-17H,6,8-12H2,1-5H3,(H,21,22)/b14-13-/t16-,17-,19+,20-/m1/s1. The van der Waals surface area contributed by atoms with E-state index in [0.717, 1.165) is 24.3 Å². The topological polar surface area (TPSA) is 37.3 Å². The smallest absolute Gasteiger partial charge is 0.328 e. The number of aliphatic carboxylic acids is 1. The Morgan fingerprint density at radius 3 is 2.73 bits per heavy atom. The van der Waals surface area contributed by atoms with Crippen molar-refractivity contribution in [2.24, 2.45) is 22.7 Å². The molecule has 2 nitrogen and oxygen atoms in total. The minimum atomic E-state index is -0.819. The van der Waals surface area contributed by atoms with E-state index in [4.69, 9.17) is 5.11 Å². The number of hydrogen-bond acceptors (Lipinski definition) is 1. The van der Waals surface area contributed by atoms with Crippen LogP contribution in [0.25, 0.3) is 0 Å². The molecule has 2 aliphatic carbocycles. The Morgan fingerprint density at radius 1 is 1.41 bits per heavy atom.